The molecule has 2 aromatic carbocycles. The van der Waals surface area contributed by atoms with Gasteiger partial charge >= 0.3 is 21.6 Å². The molecule has 0 bridgehead atoms. The van der Waals surface area contributed by atoms with Gasteiger partial charge in [-0.05, 0) is 61.5 Å². The van der Waals surface area contributed by atoms with Crippen molar-refractivity contribution in [3.63, 3.8) is 0 Å². The molecule has 0 aliphatic rings. The quantitative estimate of drug-likeness (QED) is 0.278. The zero-order valence-corrected chi connectivity index (χ0v) is 19.9. The Bertz CT molecular complexity index is 1090. The predicted octanol–water partition coefficient (Wildman–Crippen LogP) is 5.56. The Morgan fingerprint density at radius 2 is 1.68 bits per heavy atom. The van der Waals surface area contributed by atoms with Gasteiger partial charge in [0.2, 0.25) is 0 Å². The summed E-state index contributed by atoms with van der Waals surface area (Å²) in [6, 6.07) is 6.10. The lowest BCUT2D eigenvalue weighted by Gasteiger charge is -2.29. The summed E-state index contributed by atoms with van der Waals surface area (Å²) >= 11 is 3.39. The van der Waals surface area contributed by atoms with Crippen LogP contribution in [-0.4, -0.2) is 32.1 Å². The standard InChI is InChI=1S/C20H22BrF3O6S/c1-6-28-18(25)17(29-19(3,4)5)14-11(2)15(21)12-9-7-8-10-13(12)16(14)30-31(26,27)20(22,23)24/h7-10,17H,6H2,1-5H3. The van der Waals surface area contributed by atoms with Gasteiger partial charge in [-0.15, -0.1) is 0 Å². The second-order valence-corrected chi connectivity index (χ2v) is 9.90. The number of fused-ring (bicyclic) bond motifs is 1. The van der Waals surface area contributed by atoms with Crippen LogP contribution in [0.1, 0.15) is 44.9 Å². The van der Waals surface area contributed by atoms with Crippen molar-refractivity contribution in [2.24, 2.45) is 0 Å². The Labute approximate surface area is 186 Å². The summed E-state index contributed by atoms with van der Waals surface area (Å²) in [5.74, 6) is -1.53. The summed E-state index contributed by atoms with van der Waals surface area (Å²) in [6.45, 7) is 7.96. The molecular formula is C20H22BrF3O6S. The number of halogens is 4. The first-order valence-electron chi connectivity index (χ1n) is 9.16. The van der Waals surface area contributed by atoms with Gasteiger partial charge in [-0.25, -0.2) is 4.79 Å². The van der Waals surface area contributed by atoms with Gasteiger partial charge in [0.15, 0.2) is 11.9 Å². The van der Waals surface area contributed by atoms with Crippen LogP contribution in [0, 0.1) is 6.92 Å². The number of carbonyl (C=O) groups is 1. The van der Waals surface area contributed by atoms with Crippen molar-refractivity contribution in [2.75, 3.05) is 6.61 Å². The van der Waals surface area contributed by atoms with Crippen molar-refractivity contribution in [3.05, 3.63) is 39.9 Å². The molecule has 172 valence electrons. The lowest BCUT2D eigenvalue weighted by atomic mass is 9.95. The van der Waals surface area contributed by atoms with Crippen LogP contribution in [0.3, 0.4) is 0 Å². The molecule has 2 rings (SSSR count). The van der Waals surface area contributed by atoms with Crippen LogP contribution in [0.5, 0.6) is 5.75 Å². The maximum absolute atomic E-state index is 13.1. The number of alkyl halides is 3. The molecule has 0 aromatic heterocycles. The fraction of sp³-hybridized carbons (Fsp3) is 0.450. The Kier molecular flexibility index (Phi) is 7.34. The molecule has 31 heavy (non-hydrogen) atoms. The highest BCUT2D eigenvalue weighted by atomic mass is 79.9. The molecule has 6 nitrogen and oxygen atoms in total. The van der Waals surface area contributed by atoms with E-state index in [9.17, 15) is 26.4 Å². The van der Waals surface area contributed by atoms with Crippen molar-refractivity contribution in [1.29, 1.82) is 0 Å². The SMILES string of the molecule is CCOC(=O)C(OC(C)(C)C)c1c(C)c(Br)c2ccccc2c1OS(=O)(=O)C(F)(F)F. The van der Waals surface area contributed by atoms with Gasteiger partial charge in [-0.3, -0.25) is 0 Å². The molecule has 0 fully saturated rings. The van der Waals surface area contributed by atoms with Crippen LogP contribution in [0.15, 0.2) is 28.7 Å². The third-order valence-electron chi connectivity index (χ3n) is 4.10. The number of carbonyl (C=O) groups excluding carboxylic acids is 1. The predicted molar refractivity (Wildman–Crippen MR) is 112 cm³/mol. The topological polar surface area (TPSA) is 78.9 Å². The van der Waals surface area contributed by atoms with Crippen LogP contribution < -0.4 is 4.18 Å². The number of rotatable bonds is 6. The van der Waals surface area contributed by atoms with Crippen LogP contribution >= 0.6 is 15.9 Å². The van der Waals surface area contributed by atoms with E-state index in [1.807, 2.05) is 0 Å². The molecule has 11 heteroatoms. The zero-order chi connectivity index (χ0) is 23.8. The maximum atomic E-state index is 13.1. The smallest absolute Gasteiger partial charge is 0.464 e. The summed E-state index contributed by atoms with van der Waals surface area (Å²) in [4.78, 5) is 12.7. The first-order valence-corrected chi connectivity index (χ1v) is 11.4. The summed E-state index contributed by atoms with van der Waals surface area (Å²) in [7, 11) is -6.03. The average molecular weight is 527 g/mol. The van der Waals surface area contributed by atoms with E-state index in [4.69, 9.17) is 9.47 Å². The van der Waals surface area contributed by atoms with Gasteiger partial charge < -0.3 is 13.7 Å². The number of benzene rings is 2. The van der Waals surface area contributed by atoms with Crippen molar-refractivity contribution >= 4 is 42.8 Å². The molecule has 2 aromatic rings. The van der Waals surface area contributed by atoms with Crippen molar-refractivity contribution in [3.8, 4) is 5.75 Å². The molecule has 0 aliphatic heterocycles. The summed E-state index contributed by atoms with van der Waals surface area (Å²) in [5.41, 5.74) is -6.50. The molecule has 0 spiro atoms. The van der Waals surface area contributed by atoms with E-state index in [1.54, 1.807) is 39.8 Å². The van der Waals surface area contributed by atoms with E-state index in [-0.39, 0.29) is 23.1 Å². The van der Waals surface area contributed by atoms with E-state index in [1.165, 1.54) is 19.1 Å². The molecule has 0 amide bonds. The van der Waals surface area contributed by atoms with Gasteiger partial charge in [0.1, 0.15) is 0 Å². The average Bonchev–Trinajstić information content (AvgIpc) is 2.63. The minimum absolute atomic E-state index is 0.0202. The van der Waals surface area contributed by atoms with Gasteiger partial charge in [-0.2, -0.15) is 21.6 Å². The molecular weight excluding hydrogens is 505 g/mol. The third-order valence-corrected chi connectivity index (χ3v) is 6.07. The summed E-state index contributed by atoms with van der Waals surface area (Å²) in [6.07, 6.45) is -1.54. The van der Waals surface area contributed by atoms with Gasteiger partial charge in [0.25, 0.3) is 0 Å². The highest BCUT2D eigenvalue weighted by molar-refractivity contribution is 9.10. The number of hydrogen-bond donors (Lipinski definition) is 0. The van der Waals surface area contributed by atoms with E-state index in [2.05, 4.69) is 20.1 Å². The normalized spacial score (nSPS) is 13.8. The van der Waals surface area contributed by atoms with Crippen molar-refractivity contribution in [1.82, 2.24) is 0 Å². The largest absolute Gasteiger partial charge is 0.534 e. The molecule has 0 saturated carbocycles. The van der Waals surface area contributed by atoms with Crippen LogP contribution in [0.4, 0.5) is 13.2 Å². The lowest BCUT2D eigenvalue weighted by Crippen LogP contribution is -2.32. The highest BCUT2D eigenvalue weighted by Crippen LogP contribution is 2.45. The number of hydrogen-bond acceptors (Lipinski definition) is 6. The number of esters is 1. The van der Waals surface area contributed by atoms with Gasteiger partial charge in [0, 0.05) is 15.4 Å². The van der Waals surface area contributed by atoms with Gasteiger partial charge in [0.05, 0.1) is 12.2 Å². The zero-order valence-electron chi connectivity index (χ0n) is 17.5. The minimum Gasteiger partial charge on any atom is -0.464 e. The number of ether oxygens (including phenoxy) is 2. The fourth-order valence-corrected chi connectivity index (χ4v) is 3.92. The Balaban J connectivity index is 2.94. The maximum Gasteiger partial charge on any atom is 0.534 e. The van der Waals surface area contributed by atoms with Crippen molar-refractivity contribution in [2.45, 2.75) is 51.8 Å². The lowest BCUT2D eigenvalue weighted by molar-refractivity contribution is -0.167. The van der Waals surface area contributed by atoms with Crippen molar-refractivity contribution < 1.29 is 40.0 Å². The second-order valence-electron chi connectivity index (χ2n) is 7.57. The first kappa shape index (κ1) is 25.4. The Morgan fingerprint density at radius 1 is 1.13 bits per heavy atom. The fourth-order valence-electron chi connectivity index (χ4n) is 2.87. The third kappa shape index (κ3) is 5.50. The molecule has 0 heterocycles. The Morgan fingerprint density at radius 3 is 2.16 bits per heavy atom. The molecule has 0 N–H and O–H groups in total. The monoisotopic (exact) mass is 526 g/mol. The minimum atomic E-state index is -6.03. The first-order chi connectivity index (χ1) is 14.1. The van der Waals surface area contributed by atoms with Crippen LogP contribution in [-0.2, 0) is 24.4 Å². The molecule has 0 saturated heterocycles. The second kappa shape index (κ2) is 8.95. The highest BCUT2D eigenvalue weighted by Gasteiger charge is 2.49. The summed E-state index contributed by atoms with van der Waals surface area (Å²) < 4.78 is 79.1. The molecule has 0 aliphatic carbocycles. The van der Waals surface area contributed by atoms with E-state index >= 15 is 0 Å². The van der Waals surface area contributed by atoms with E-state index in [0.717, 1.165) is 0 Å². The van der Waals surface area contributed by atoms with Gasteiger partial charge in [-0.1, -0.05) is 24.3 Å². The molecule has 0 radical (unpaired) electrons. The molecule has 1 atom stereocenters. The summed E-state index contributed by atoms with van der Waals surface area (Å²) in [5, 5.41) is 0.448. The van der Waals surface area contributed by atoms with Crippen LogP contribution in [0.25, 0.3) is 10.8 Å². The van der Waals surface area contributed by atoms with Crippen LogP contribution in [0.2, 0.25) is 0 Å². The Hall–Kier alpha value is -1.85. The van der Waals surface area contributed by atoms with E-state index in [0.29, 0.717) is 9.86 Å². The molecule has 1 unspecified atom stereocenters. The van der Waals surface area contributed by atoms with E-state index < -0.39 is 39.1 Å².